The maximum absolute atomic E-state index is 12.1. The molecule has 194 valence electrons. The molecular formula is C23H30O9S3. The van der Waals surface area contributed by atoms with Gasteiger partial charge in [-0.1, -0.05) is 12.8 Å². The fourth-order valence-corrected chi connectivity index (χ4v) is 8.51. The minimum atomic E-state index is -3.90. The van der Waals surface area contributed by atoms with Crippen molar-refractivity contribution in [1.29, 1.82) is 0 Å². The van der Waals surface area contributed by atoms with Crippen LogP contribution in [0.25, 0.3) is 0 Å². The van der Waals surface area contributed by atoms with Crippen molar-refractivity contribution in [3.63, 3.8) is 0 Å². The van der Waals surface area contributed by atoms with Crippen molar-refractivity contribution >= 4 is 30.4 Å². The van der Waals surface area contributed by atoms with Crippen molar-refractivity contribution in [2.24, 2.45) is 17.3 Å². The summed E-state index contributed by atoms with van der Waals surface area (Å²) in [5, 5.41) is 0. The lowest BCUT2D eigenvalue weighted by Gasteiger charge is -2.52. The molecule has 5 atom stereocenters. The van der Waals surface area contributed by atoms with Gasteiger partial charge in [-0.3, -0.25) is 0 Å². The van der Waals surface area contributed by atoms with Crippen LogP contribution in [0.1, 0.15) is 56.1 Å². The highest BCUT2D eigenvalue weighted by Gasteiger charge is 2.64. The average Bonchev–Trinajstić information content (AvgIpc) is 2.96. The third kappa shape index (κ3) is 4.92. The number of hydrogen-bond donors (Lipinski definition) is 0. The van der Waals surface area contributed by atoms with Crippen molar-refractivity contribution in [3.8, 4) is 23.8 Å². The molecule has 2 saturated carbocycles. The first kappa shape index (κ1) is 26.3. The maximum atomic E-state index is 12.1. The summed E-state index contributed by atoms with van der Waals surface area (Å²) in [4.78, 5) is 0. The Morgan fingerprint density at radius 2 is 1.57 bits per heavy atom. The molecule has 1 aromatic carbocycles. The lowest BCUT2D eigenvalue weighted by molar-refractivity contribution is -0.0458. The fourth-order valence-electron chi connectivity index (χ4n) is 6.76. The monoisotopic (exact) mass is 546 g/mol. The summed E-state index contributed by atoms with van der Waals surface area (Å²) in [6.07, 6.45) is 12.3. The van der Waals surface area contributed by atoms with Crippen molar-refractivity contribution in [1.82, 2.24) is 0 Å². The minimum absolute atomic E-state index is 0.00207. The molecule has 9 nitrogen and oxygen atoms in total. The predicted molar refractivity (Wildman–Crippen MR) is 129 cm³/mol. The van der Waals surface area contributed by atoms with E-state index in [1.54, 1.807) is 6.07 Å². The lowest BCUT2D eigenvalue weighted by atomic mass is 9.53. The quantitative estimate of drug-likeness (QED) is 0.390. The molecule has 3 aliphatic rings. The molecule has 0 bridgehead atoms. The van der Waals surface area contributed by atoms with E-state index in [4.69, 9.17) is 19.0 Å². The maximum Gasteiger partial charge on any atom is 0.306 e. The van der Waals surface area contributed by atoms with Crippen LogP contribution < -0.4 is 8.37 Å². The molecule has 0 aromatic heterocycles. The second-order valence-electron chi connectivity index (χ2n) is 10.2. The SMILES string of the molecule is C#C[C@]1(OS(C)(=O)=O)CC[C@H]2[C@H]3CCc4cc(OS(C)(=O)=O)cc(OS(C)(=O)=O)c4[C@H]3CC[C@@]21C. The van der Waals surface area contributed by atoms with Gasteiger partial charge in [-0.05, 0) is 67.9 Å². The molecule has 4 rings (SSSR count). The Hall–Kier alpha value is -1.81. The van der Waals surface area contributed by atoms with Crippen molar-refractivity contribution < 1.29 is 37.8 Å². The number of rotatable bonds is 6. The Morgan fingerprint density at radius 1 is 0.914 bits per heavy atom. The Labute approximate surface area is 207 Å². The van der Waals surface area contributed by atoms with E-state index in [9.17, 15) is 25.3 Å². The van der Waals surface area contributed by atoms with E-state index < -0.39 is 41.4 Å². The molecule has 3 aliphatic carbocycles. The van der Waals surface area contributed by atoms with Gasteiger partial charge in [0, 0.05) is 17.0 Å². The standard InChI is InChI=1S/C23H30O9S3/c1-6-23(32-35(5,28)29)12-10-19-17-8-7-15-13-16(30-33(3,24)25)14-20(31-34(4,26)27)21(15)18(17)9-11-22(19,23)2/h1,13-14,17-19H,7-12H2,2-5H3/t17-,18-,19-,22-,23-/m0/s1. The highest BCUT2D eigenvalue weighted by molar-refractivity contribution is 7.86. The van der Waals surface area contributed by atoms with Gasteiger partial charge in [-0.25, -0.2) is 4.18 Å². The summed E-state index contributed by atoms with van der Waals surface area (Å²) in [7, 11) is -11.5. The van der Waals surface area contributed by atoms with E-state index in [0.717, 1.165) is 36.3 Å². The fraction of sp³-hybridized carbons (Fsp3) is 0.652. The molecule has 12 heteroatoms. The van der Waals surface area contributed by atoms with E-state index >= 15 is 0 Å². The molecule has 0 heterocycles. The van der Waals surface area contributed by atoms with Gasteiger partial charge < -0.3 is 8.37 Å². The Morgan fingerprint density at radius 3 is 2.14 bits per heavy atom. The lowest BCUT2D eigenvalue weighted by Crippen LogP contribution is -2.52. The highest BCUT2D eigenvalue weighted by Crippen LogP contribution is 2.66. The van der Waals surface area contributed by atoms with Gasteiger partial charge in [-0.2, -0.15) is 25.3 Å². The van der Waals surface area contributed by atoms with Gasteiger partial charge in [0.2, 0.25) is 0 Å². The molecule has 35 heavy (non-hydrogen) atoms. The molecule has 1 aromatic rings. The predicted octanol–water partition coefficient (Wildman–Crippen LogP) is 2.57. The summed E-state index contributed by atoms with van der Waals surface area (Å²) in [5.41, 5.74) is -0.281. The van der Waals surface area contributed by atoms with Crippen LogP contribution in [0.3, 0.4) is 0 Å². The van der Waals surface area contributed by atoms with Gasteiger partial charge >= 0.3 is 20.2 Å². The molecule has 0 aliphatic heterocycles. The van der Waals surface area contributed by atoms with E-state index in [1.165, 1.54) is 6.07 Å². The van der Waals surface area contributed by atoms with Gasteiger partial charge in [0.1, 0.15) is 11.5 Å². The van der Waals surface area contributed by atoms with Crippen LogP contribution in [0, 0.1) is 29.6 Å². The molecule has 0 radical (unpaired) electrons. The molecular weight excluding hydrogens is 516 g/mol. The molecule has 0 spiro atoms. The summed E-state index contributed by atoms with van der Waals surface area (Å²) >= 11 is 0. The first-order chi connectivity index (χ1) is 16.0. The Kier molecular flexibility index (Phi) is 6.27. The largest absolute Gasteiger partial charge is 0.382 e. The number of hydrogen-bond acceptors (Lipinski definition) is 9. The second-order valence-corrected chi connectivity index (χ2v) is 15.0. The number of benzene rings is 1. The molecule has 0 unspecified atom stereocenters. The van der Waals surface area contributed by atoms with Crippen LogP contribution in [0.15, 0.2) is 12.1 Å². The van der Waals surface area contributed by atoms with E-state index in [0.29, 0.717) is 32.1 Å². The molecule has 2 fully saturated rings. The third-order valence-electron chi connectivity index (χ3n) is 7.89. The smallest absolute Gasteiger partial charge is 0.306 e. The van der Waals surface area contributed by atoms with Crippen LogP contribution in [0.2, 0.25) is 0 Å². The zero-order valence-electron chi connectivity index (χ0n) is 20.1. The second kappa shape index (κ2) is 8.36. The first-order valence-corrected chi connectivity index (χ1v) is 16.8. The van der Waals surface area contributed by atoms with E-state index in [-0.39, 0.29) is 29.3 Å². The molecule has 0 N–H and O–H groups in total. The topological polar surface area (TPSA) is 130 Å². The summed E-state index contributed by atoms with van der Waals surface area (Å²) in [6, 6.07) is 2.94. The molecule has 0 saturated heterocycles. The van der Waals surface area contributed by atoms with E-state index in [2.05, 4.69) is 5.92 Å². The zero-order chi connectivity index (χ0) is 26.0. The normalized spacial score (nSPS) is 32.6. The first-order valence-electron chi connectivity index (χ1n) is 11.3. The van der Waals surface area contributed by atoms with Crippen molar-refractivity contribution in [3.05, 3.63) is 23.3 Å². The summed E-state index contributed by atoms with van der Waals surface area (Å²) < 4.78 is 87.6. The van der Waals surface area contributed by atoms with Gasteiger partial charge in [0.25, 0.3) is 10.1 Å². The van der Waals surface area contributed by atoms with Crippen LogP contribution in [0.4, 0.5) is 0 Å². The molecule has 0 amide bonds. The minimum Gasteiger partial charge on any atom is -0.382 e. The van der Waals surface area contributed by atoms with Gasteiger partial charge in [-0.15, -0.1) is 6.42 Å². The van der Waals surface area contributed by atoms with Gasteiger partial charge in [0.15, 0.2) is 5.60 Å². The van der Waals surface area contributed by atoms with Crippen LogP contribution in [-0.4, -0.2) is 49.6 Å². The highest BCUT2D eigenvalue weighted by atomic mass is 32.2. The number of terminal acetylenes is 1. The van der Waals surface area contributed by atoms with Gasteiger partial charge in [0.05, 0.1) is 18.8 Å². The van der Waals surface area contributed by atoms with Crippen LogP contribution in [-0.2, 0) is 41.0 Å². The van der Waals surface area contributed by atoms with E-state index in [1.807, 2.05) is 6.92 Å². The third-order valence-corrected chi connectivity index (χ3v) is 9.46. The average molecular weight is 547 g/mol. The summed E-state index contributed by atoms with van der Waals surface area (Å²) in [5.74, 6) is 2.84. The Bertz CT molecular complexity index is 1410. The zero-order valence-corrected chi connectivity index (χ0v) is 22.6. The van der Waals surface area contributed by atoms with Crippen molar-refractivity contribution in [2.45, 2.75) is 57.0 Å². The van der Waals surface area contributed by atoms with Crippen LogP contribution in [0.5, 0.6) is 11.5 Å². The van der Waals surface area contributed by atoms with Crippen molar-refractivity contribution in [2.75, 3.05) is 18.8 Å². The number of fused-ring (bicyclic) bond motifs is 5. The Balaban J connectivity index is 1.77. The van der Waals surface area contributed by atoms with Crippen LogP contribution >= 0.6 is 0 Å². The summed E-state index contributed by atoms with van der Waals surface area (Å²) in [6.45, 7) is 2.00. The number of aryl methyl sites for hydroxylation is 1.